The van der Waals surface area contributed by atoms with E-state index in [0.717, 1.165) is 0 Å². The topological polar surface area (TPSA) is 37.4 Å². The second kappa shape index (κ2) is 5.87. The molecule has 0 aromatic heterocycles. The highest BCUT2D eigenvalue weighted by Gasteiger charge is 2.42. The summed E-state index contributed by atoms with van der Waals surface area (Å²) in [6.07, 6.45) is -3.85. The van der Waals surface area contributed by atoms with Crippen molar-refractivity contribution >= 4 is 11.7 Å². The predicted octanol–water partition coefficient (Wildman–Crippen LogP) is 3.30. The molecule has 1 fully saturated rings. The molecule has 0 saturated carbocycles. The summed E-state index contributed by atoms with van der Waals surface area (Å²) in [7, 11) is 0. The van der Waals surface area contributed by atoms with Crippen LogP contribution in [0.2, 0.25) is 0 Å². The van der Waals surface area contributed by atoms with E-state index < -0.39 is 18.0 Å². The zero-order valence-corrected chi connectivity index (χ0v) is 11.6. The Balaban J connectivity index is 2.10. The number of alkyl halides is 3. The van der Waals surface area contributed by atoms with Crippen molar-refractivity contribution in [3.63, 3.8) is 0 Å². The SMILES string of the molecule is CC(=O)c1ccc(C(=O)N2CCC[C@@H](C(F)(F)F)C2)cc1. The van der Waals surface area contributed by atoms with Gasteiger partial charge in [0.25, 0.3) is 5.91 Å². The van der Waals surface area contributed by atoms with Gasteiger partial charge < -0.3 is 4.90 Å². The van der Waals surface area contributed by atoms with Gasteiger partial charge in [0.2, 0.25) is 0 Å². The van der Waals surface area contributed by atoms with E-state index in [1.807, 2.05) is 0 Å². The van der Waals surface area contributed by atoms with Crippen molar-refractivity contribution in [3.05, 3.63) is 35.4 Å². The first-order valence-corrected chi connectivity index (χ1v) is 6.76. The average Bonchev–Trinajstić information content (AvgIpc) is 2.46. The Morgan fingerprint density at radius 2 is 1.71 bits per heavy atom. The summed E-state index contributed by atoms with van der Waals surface area (Å²) >= 11 is 0. The molecule has 1 heterocycles. The number of carbonyl (C=O) groups is 2. The summed E-state index contributed by atoms with van der Waals surface area (Å²) in [6.45, 7) is 1.45. The van der Waals surface area contributed by atoms with Crippen LogP contribution in [0.1, 0.15) is 40.5 Å². The fourth-order valence-electron chi connectivity index (χ4n) is 2.46. The molecule has 0 bridgehead atoms. The van der Waals surface area contributed by atoms with Crippen LogP contribution in [0.15, 0.2) is 24.3 Å². The summed E-state index contributed by atoms with van der Waals surface area (Å²) in [5.41, 5.74) is 0.779. The molecule has 0 radical (unpaired) electrons. The van der Waals surface area contributed by atoms with Gasteiger partial charge in [-0.15, -0.1) is 0 Å². The molecular formula is C15H16F3NO2. The van der Waals surface area contributed by atoms with Crippen LogP contribution in [0.3, 0.4) is 0 Å². The normalized spacial score (nSPS) is 19.4. The van der Waals surface area contributed by atoms with Crippen molar-refractivity contribution < 1.29 is 22.8 Å². The zero-order chi connectivity index (χ0) is 15.6. The molecule has 0 N–H and O–H groups in total. The van der Waals surface area contributed by atoms with Crippen LogP contribution in [0.5, 0.6) is 0 Å². The smallest absolute Gasteiger partial charge is 0.338 e. The van der Waals surface area contributed by atoms with Crippen molar-refractivity contribution in [2.45, 2.75) is 25.9 Å². The van der Waals surface area contributed by atoms with Crippen molar-refractivity contribution in [3.8, 4) is 0 Å². The molecule has 0 unspecified atom stereocenters. The average molecular weight is 299 g/mol. The van der Waals surface area contributed by atoms with Gasteiger partial charge in [0, 0.05) is 24.2 Å². The van der Waals surface area contributed by atoms with Gasteiger partial charge in [-0.25, -0.2) is 0 Å². The standard InChI is InChI=1S/C15H16F3NO2/c1-10(20)11-4-6-12(7-5-11)14(21)19-8-2-3-13(9-19)15(16,17)18/h4-7,13H,2-3,8-9H2,1H3/t13-/m1/s1. The van der Waals surface area contributed by atoms with Crippen LogP contribution < -0.4 is 0 Å². The lowest BCUT2D eigenvalue weighted by molar-refractivity contribution is -0.184. The molecule has 1 aromatic rings. The number of rotatable bonds is 2. The second-order valence-corrected chi connectivity index (χ2v) is 5.27. The Morgan fingerprint density at radius 3 is 2.24 bits per heavy atom. The van der Waals surface area contributed by atoms with Gasteiger partial charge in [0.1, 0.15) is 0 Å². The van der Waals surface area contributed by atoms with Gasteiger partial charge in [-0.2, -0.15) is 13.2 Å². The van der Waals surface area contributed by atoms with Gasteiger partial charge in [0.15, 0.2) is 5.78 Å². The van der Waals surface area contributed by atoms with Crippen LogP contribution in [0.4, 0.5) is 13.2 Å². The molecule has 2 rings (SSSR count). The number of benzene rings is 1. The molecule has 1 aliphatic heterocycles. The van der Waals surface area contributed by atoms with Gasteiger partial charge >= 0.3 is 6.18 Å². The molecule has 1 saturated heterocycles. The maximum atomic E-state index is 12.7. The quantitative estimate of drug-likeness (QED) is 0.786. The largest absolute Gasteiger partial charge is 0.393 e. The minimum absolute atomic E-state index is 0.0660. The van der Waals surface area contributed by atoms with E-state index in [0.29, 0.717) is 24.1 Å². The van der Waals surface area contributed by atoms with Crippen LogP contribution in [0, 0.1) is 5.92 Å². The highest BCUT2D eigenvalue weighted by molar-refractivity contribution is 5.97. The Bertz CT molecular complexity index is 537. The highest BCUT2D eigenvalue weighted by atomic mass is 19.4. The lowest BCUT2D eigenvalue weighted by Gasteiger charge is -2.33. The number of halogens is 3. The van der Waals surface area contributed by atoms with Gasteiger partial charge in [-0.1, -0.05) is 12.1 Å². The third-order valence-electron chi connectivity index (χ3n) is 3.71. The van der Waals surface area contributed by atoms with Gasteiger partial charge in [0.05, 0.1) is 5.92 Å². The fraction of sp³-hybridized carbons (Fsp3) is 0.467. The van der Waals surface area contributed by atoms with Gasteiger partial charge in [-0.3, -0.25) is 9.59 Å². The molecule has 3 nitrogen and oxygen atoms in total. The first kappa shape index (κ1) is 15.5. The van der Waals surface area contributed by atoms with E-state index in [-0.39, 0.29) is 18.7 Å². The maximum absolute atomic E-state index is 12.7. The van der Waals surface area contributed by atoms with E-state index in [2.05, 4.69) is 0 Å². The van der Waals surface area contributed by atoms with Crippen molar-refractivity contribution in [2.75, 3.05) is 13.1 Å². The number of piperidine rings is 1. The van der Waals surface area contributed by atoms with E-state index in [1.165, 1.54) is 36.1 Å². The Kier molecular flexibility index (Phi) is 4.34. The fourth-order valence-corrected chi connectivity index (χ4v) is 2.46. The third kappa shape index (κ3) is 3.62. The van der Waals surface area contributed by atoms with Crippen LogP contribution in [-0.4, -0.2) is 35.9 Å². The second-order valence-electron chi connectivity index (χ2n) is 5.27. The van der Waals surface area contributed by atoms with Crippen LogP contribution in [-0.2, 0) is 0 Å². The molecule has 1 aliphatic rings. The van der Waals surface area contributed by atoms with Crippen molar-refractivity contribution in [1.82, 2.24) is 4.90 Å². The monoisotopic (exact) mass is 299 g/mol. The lowest BCUT2D eigenvalue weighted by Crippen LogP contribution is -2.44. The minimum Gasteiger partial charge on any atom is -0.338 e. The molecular weight excluding hydrogens is 283 g/mol. The van der Waals surface area contributed by atoms with E-state index in [9.17, 15) is 22.8 Å². The summed E-state index contributed by atoms with van der Waals surface area (Å²) < 4.78 is 38.2. The van der Waals surface area contributed by atoms with E-state index in [1.54, 1.807) is 0 Å². The summed E-state index contributed by atoms with van der Waals surface area (Å²) in [5.74, 6) is -1.99. The maximum Gasteiger partial charge on any atom is 0.393 e. The third-order valence-corrected chi connectivity index (χ3v) is 3.71. The van der Waals surface area contributed by atoms with Gasteiger partial charge in [-0.05, 0) is 31.9 Å². The Hall–Kier alpha value is -1.85. The Labute approximate surface area is 120 Å². The summed E-state index contributed by atoms with van der Waals surface area (Å²) in [4.78, 5) is 24.6. The lowest BCUT2D eigenvalue weighted by atomic mass is 9.96. The number of amides is 1. The zero-order valence-electron chi connectivity index (χ0n) is 11.6. The molecule has 1 aromatic carbocycles. The molecule has 0 spiro atoms. The molecule has 21 heavy (non-hydrogen) atoms. The number of Topliss-reactive ketones (excluding diaryl/α,β-unsaturated/α-hetero) is 1. The molecule has 0 aliphatic carbocycles. The van der Waals surface area contributed by atoms with E-state index >= 15 is 0 Å². The number of likely N-dealkylation sites (tertiary alicyclic amines) is 1. The first-order chi connectivity index (χ1) is 9.79. The first-order valence-electron chi connectivity index (χ1n) is 6.76. The van der Waals surface area contributed by atoms with Crippen molar-refractivity contribution in [2.24, 2.45) is 5.92 Å². The van der Waals surface area contributed by atoms with Crippen molar-refractivity contribution in [1.29, 1.82) is 0 Å². The minimum atomic E-state index is -4.27. The molecule has 6 heteroatoms. The molecule has 114 valence electrons. The number of ketones is 1. The molecule has 1 amide bonds. The number of hydrogen-bond acceptors (Lipinski definition) is 2. The summed E-state index contributed by atoms with van der Waals surface area (Å²) in [5, 5.41) is 0. The van der Waals surface area contributed by atoms with Crippen LogP contribution >= 0.6 is 0 Å². The predicted molar refractivity (Wildman–Crippen MR) is 71.1 cm³/mol. The van der Waals surface area contributed by atoms with E-state index in [4.69, 9.17) is 0 Å². The number of carbonyl (C=O) groups excluding carboxylic acids is 2. The highest BCUT2D eigenvalue weighted by Crippen LogP contribution is 2.33. The number of nitrogens with zero attached hydrogens (tertiary/aromatic N) is 1. The Morgan fingerprint density at radius 1 is 1.14 bits per heavy atom. The van der Waals surface area contributed by atoms with Crippen LogP contribution in [0.25, 0.3) is 0 Å². The number of hydrogen-bond donors (Lipinski definition) is 0. The molecule has 1 atom stereocenters. The summed E-state index contributed by atoms with van der Waals surface area (Å²) in [6, 6.07) is 5.99.